The fourth-order valence-electron chi connectivity index (χ4n) is 1.98. The predicted molar refractivity (Wildman–Crippen MR) is 72.9 cm³/mol. The standard InChI is InChI=1S/C14H18BrFO2/c1-3-7-17-14-10(15)8-12(14)18-11-6-4-5-9(2)13(11)16/h4-6,10,12,14H,3,7-8H2,1-2H3. The van der Waals surface area contributed by atoms with Crippen molar-refractivity contribution in [3.63, 3.8) is 0 Å². The highest BCUT2D eigenvalue weighted by atomic mass is 79.9. The molecule has 1 aliphatic rings. The van der Waals surface area contributed by atoms with Gasteiger partial charge in [-0.3, -0.25) is 0 Å². The third kappa shape index (κ3) is 2.86. The van der Waals surface area contributed by atoms with Crippen molar-refractivity contribution in [3.05, 3.63) is 29.6 Å². The molecule has 0 radical (unpaired) electrons. The van der Waals surface area contributed by atoms with Crippen LogP contribution in [0.3, 0.4) is 0 Å². The molecule has 0 heterocycles. The third-order valence-electron chi connectivity index (χ3n) is 3.13. The maximum atomic E-state index is 13.8. The lowest BCUT2D eigenvalue weighted by Crippen LogP contribution is -2.52. The van der Waals surface area contributed by atoms with Crippen molar-refractivity contribution in [2.24, 2.45) is 0 Å². The van der Waals surface area contributed by atoms with Crippen LogP contribution in [0.15, 0.2) is 18.2 Å². The highest BCUT2D eigenvalue weighted by molar-refractivity contribution is 9.09. The molecule has 1 fully saturated rings. The number of aryl methyl sites for hydroxylation is 1. The molecular weight excluding hydrogens is 299 g/mol. The van der Waals surface area contributed by atoms with Gasteiger partial charge in [-0.25, -0.2) is 4.39 Å². The molecule has 1 aromatic rings. The molecule has 1 saturated carbocycles. The minimum absolute atomic E-state index is 0.0184. The molecule has 2 rings (SSSR count). The van der Waals surface area contributed by atoms with Gasteiger partial charge in [-0.1, -0.05) is 35.0 Å². The molecular formula is C14H18BrFO2. The molecule has 0 amide bonds. The van der Waals surface area contributed by atoms with Crippen molar-refractivity contribution in [1.29, 1.82) is 0 Å². The van der Waals surface area contributed by atoms with Gasteiger partial charge in [-0.2, -0.15) is 0 Å². The molecule has 0 spiro atoms. The highest BCUT2D eigenvalue weighted by Gasteiger charge is 2.42. The van der Waals surface area contributed by atoms with Crippen molar-refractivity contribution < 1.29 is 13.9 Å². The van der Waals surface area contributed by atoms with Crippen LogP contribution >= 0.6 is 15.9 Å². The lowest BCUT2D eigenvalue weighted by atomic mass is 9.91. The van der Waals surface area contributed by atoms with Crippen molar-refractivity contribution >= 4 is 15.9 Å². The second kappa shape index (κ2) is 6.02. The van der Waals surface area contributed by atoms with E-state index in [-0.39, 0.29) is 18.0 Å². The van der Waals surface area contributed by atoms with E-state index in [2.05, 4.69) is 22.9 Å². The summed E-state index contributed by atoms with van der Waals surface area (Å²) in [4.78, 5) is 0.307. The van der Waals surface area contributed by atoms with Crippen LogP contribution in [0, 0.1) is 12.7 Å². The van der Waals surface area contributed by atoms with Gasteiger partial charge in [0.2, 0.25) is 0 Å². The Morgan fingerprint density at radius 1 is 1.44 bits per heavy atom. The Balaban J connectivity index is 1.99. The van der Waals surface area contributed by atoms with Gasteiger partial charge in [0, 0.05) is 17.9 Å². The fourth-order valence-corrected chi connectivity index (χ4v) is 2.84. The quantitative estimate of drug-likeness (QED) is 0.768. The Bertz CT molecular complexity index is 411. The summed E-state index contributed by atoms with van der Waals surface area (Å²) in [6.45, 7) is 4.52. The molecule has 0 saturated heterocycles. The summed E-state index contributed by atoms with van der Waals surface area (Å²) in [6, 6.07) is 5.21. The number of benzene rings is 1. The number of ether oxygens (including phenoxy) is 2. The van der Waals surface area contributed by atoms with Crippen molar-refractivity contribution in [2.45, 2.75) is 43.7 Å². The van der Waals surface area contributed by atoms with Crippen LogP contribution in [0.1, 0.15) is 25.3 Å². The second-order valence-corrected chi connectivity index (χ2v) is 5.81. The molecule has 100 valence electrons. The first kappa shape index (κ1) is 13.8. The largest absolute Gasteiger partial charge is 0.485 e. The van der Waals surface area contributed by atoms with Crippen LogP contribution in [0.5, 0.6) is 5.75 Å². The topological polar surface area (TPSA) is 18.5 Å². The van der Waals surface area contributed by atoms with E-state index in [0.717, 1.165) is 12.8 Å². The Morgan fingerprint density at radius 2 is 2.22 bits per heavy atom. The molecule has 18 heavy (non-hydrogen) atoms. The SMILES string of the molecule is CCCOC1C(Br)CC1Oc1cccc(C)c1F. The number of hydrogen-bond acceptors (Lipinski definition) is 2. The number of alkyl halides is 1. The van der Waals surface area contributed by atoms with Crippen LogP contribution in [0.25, 0.3) is 0 Å². The van der Waals surface area contributed by atoms with E-state index in [0.29, 0.717) is 22.7 Å². The lowest BCUT2D eigenvalue weighted by molar-refractivity contribution is -0.0772. The van der Waals surface area contributed by atoms with E-state index in [1.54, 1.807) is 25.1 Å². The van der Waals surface area contributed by atoms with Crippen molar-refractivity contribution in [3.8, 4) is 5.75 Å². The molecule has 0 aromatic heterocycles. The summed E-state index contributed by atoms with van der Waals surface area (Å²) in [5.41, 5.74) is 0.605. The van der Waals surface area contributed by atoms with E-state index >= 15 is 0 Å². The zero-order chi connectivity index (χ0) is 13.1. The fraction of sp³-hybridized carbons (Fsp3) is 0.571. The summed E-state index contributed by atoms with van der Waals surface area (Å²) in [6.07, 6.45) is 1.78. The zero-order valence-electron chi connectivity index (χ0n) is 10.7. The number of hydrogen-bond donors (Lipinski definition) is 0. The Labute approximate surface area is 116 Å². The van der Waals surface area contributed by atoms with Gasteiger partial charge in [0.25, 0.3) is 0 Å². The van der Waals surface area contributed by atoms with Gasteiger partial charge in [0.15, 0.2) is 11.6 Å². The molecule has 2 nitrogen and oxygen atoms in total. The van der Waals surface area contributed by atoms with E-state index in [1.165, 1.54) is 0 Å². The molecule has 0 bridgehead atoms. The highest BCUT2D eigenvalue weighted by Crippen LogP contribution is 2.35. The third-order valence-corrected chi connectivity index (χ3v) is 4.02. The van der Waals surface area contributed by atoms with E-state index < -0.39 is 0 Å². The van der Waals surface area contributed by atoms with Crippen LogP contribution in [0.4, 0.5) is 4.39 Å². The van der Waals surface area contributed by atoms with Gasteiger partial charge in [0.05, 0.1) is 0 Å². The molecule has 1 aromatic carbocycles. The maximum Gasteiger partial charge on any atom is 0.167 e. The van der Waals surface area contributed by atoms with Crippen LogP contribution in [-0.2, 0) is 4.74 Å². The normalized spacial score (nSPS) is 26.8. The average molecular weight is 317 g/mol. The van der Waals surface area contributed by atoms with Gasteiger partial charge < -0.3 is 9.47 Å². The summed E-state index contributed by atoms with van der Waals surface area (Å²) < 4.78 is 25.2. The first-order chi connectivity index (χ1) is 8.63. The van der Waals surface area contributed by atoms with Gasteiger partial charge in [-0.05, 0) is 25.0 Å². The molecule has 0 aliphatic heterocycles. The number of rotatable bonds is 5. The first-order valence-corrected chi connectivity index (χ1v) is 7.22. The zero-order valence-corrected chi connectivity index (χ0v) is 12.2. The van der Waals surface area contributed by atoms with E-state index in [9.17, 15) is 4.39 Å². The molecule has 3 unspecified atom stereocenters. The molecule has 4 heteroatoms. The predicted octanol–water partition coefficient (Wildman–Crippen LogP) is 3.84. The van der Waals surface area contributed by atoms with Gasteiger partial charge >= 0.3 is 0 Å². The minimum Gasteiger partial charge on any atom is -0.485 e. The maximum absolute atomic E-state index is 13.8. The Morgan fingerprint density at radius 3 is 2.89 bits per heavy atom. The van der Waals surface area contributed by atoms with Crippen LogP contribution in [0.2, 0.25) is 0 Å². The van der Waals surface area contributed by atoms with Crippen molar-refractivity contribution in [1.82, 2.24) is 0 Å². The van der Waals surface area contributed by atoms with Crippen LogP contribution < -0.4 is 4.74 Å². The van der Waals surface area contributed by atoms with Crippen LogP contribution in [-0.4, -0.2) is 23.6 Å². The minimum atomic E-state index is -0.273. The molecule has 1 aliphatic carbocycles. The van der Waals surface area contributed by atoms with E-state index in [4.69, 9.17) is 9.47 Å². The van der Waals surface area contributed by atoms with Crippen molar-refractivity contribution in [2.75, 3.05) is 6.61 Å². The Hall–Kier alpha value is -0.610. The number of halogens is 2. The molecule has 0 N–H and O–H groups in total. The Kier molecular flexibility index (Phi) is 4.62. The first-order valence-electron chi connectivity index (χ1n) is 6.31. The summed E-state index contributed by atoms with van der Waals surface area (Å²) in [5.74, 6) is 0.0502. The van der Waals surface area contributed by atoms with E-state index in [1.807, 2.05) is 0 Å². The summed E-state index contributed by atoms with van der Waals surface area (Å²) in [5, 5.41) is 0. The lowest BCUT2D eigenvalue weighted by Gasteiger charge is -2.41. The average Bonchev–Trinajstić information content (AvgIpc) is 2.34. The summed E-state index contributed by atoms with van der Waals surface area (Å²) >= 11 is 3.54. The van der Waals surface area contributed by atoms with Gasteiger partial charge in [-0.15, -0.1) is 0 Å². The second-order valence-electron chi connectivity index (χ2n) is 4.63. The summed E-state index contributed by atoms with van der Waals surface area (Å²) in [7, 11) is 0. The smallest absolute Gasteiger partial charge is 0.167 e. The van der Waals surface area contributed by atoms with Gasteiger partial charge in [0.1, 0.15) is 12.2 Å². The monoisotopic (exact) mass is 316 g/mol. The molecule has 3 atom stereocenters.